The van der Waals surface area contributed by atoms with Crippen molar-refractivity contribution in [3.8, 4) is 82.7 Å². The topological polar surface area (TPSA) is 507 Å². The Morgan fingerprint density at radius 2 is 0.809 bits per heavy atom. The number of carbonyl (C=O) groups is 9. The number of anilines is 4. The van der Waals surface area contributed by atoms with Gasteiger partial charge in [0.15, 0.2) is 34.3 Å². The lowest BCUT2D eigenvalue weighted by Crippen LogP contribution is -2.38. The van der Waals surface area contributed by atoms with E-state index in [0.717, 1.165) is 96.7 Å². The highest BCUT2D eigenvalue weighted by Crippen LogP contribution is 2.37. The van der Waals surface area contributed by atoms with Crippen LogP contribution in [0.5, 0.6) is 0 Å². The zero-order valence-electron chi connectivity index (χ0n) is 82.4. The molecular formula is C101H129N19O21. The van der Waals surface area contributed by atoms with Gasteiger partial charge >= 0.3 is 18.3 Å². The third kappa shape index (κ3) is 38.8. The molecule has 9 aromatic rings. The first kappa shape index (κ1) is 110. The molecule has 0 saturated heterocycles. The predicted molar refractivity (Wildman–Crippen MR) is 522 cm³/mol. The first-order valence-electron chi connectivity index (χ1n) is 47.1. The van der Waals surface area contributed by atoms with Gasteiger partial charge in [0.2, 0.25) is 17.7 Å². The first-order chi connectivity index (χ1) is 67.5. The van der Waals surface area contributed by atoms with E-state index in [2.05, 4.69) is 99.9 Å². The molecule has 0 unspecified atom stereocenters. The molecule has 9 heterocycles. The number of amides is 7. The summed E-state index contributed by atoms with van der Waals surface area (Å²) in [6.07, 6.45) is 34.4. The van der Waals surface area contributed by atoms with Gasteiger partial charge in [-0.1, -0.05) is 57.3 Å². The van der Waals surface area contributed by atoms with Crippen LogP contribution in [0.25, 0.3) is 34.4 Å². The summed E-state index contributed by atoms with van der Waals surface area (Å²) in [5, 5.41) is 15.2. The Balaban J connectivity index is 0.000000226. The molecule has 0 radical (unpaired) electrons. The molecule has 12 rings (SSSR count). The van der Waals surface area contributed by atoms with Crippen LogP contribution in [0, 0.1) is 66.1 Å². The fraction of sp³-hybridized carbons (Fsp3) is 0.505. The summed E-state index contributed by atoms with van der Waals surface area (Å²) in [6.45, 7) is 31.8. The number of ketones is 2. The second-order valence-electron chi connectivity index (χ2n) is 36.2. The van der Waals surface area contributed by atoms with Gasteiger partial charge in [-0.2, -0.15) is 15.3 Å². The molecule has 40 nitrogen and oxygen atoms in total. The van der Waals surface area contributed by atoms with E-state index >= 15 is 0 Å². The number of hydrogen-bond acceptors (Lipinski definition) is 30. The third-order valence-electron chi connectivity index (χ3n) is 20.1. The Hall–Kier alpha value is -14.3. The number of nitrogens with zero attached hydrogens (tertiary/aromatic N) is 15. The Kier molecular flexibility index (Phi) is 43.5. The molecule has 7 N–H and O–H groups in total. The van der Waals surface area contributed by atoms with Crippen LogP contribution in [0.1, 0.15) is 241 Å². The molecule has 754 valence electrons. The average molecular weight is 1950 g/mol. The Morgan fingerprint density at radius 1 is 0.440 bits per heavy atom. The van der Waals surface area contributed by atoms with E-state index in [1.807, 2.05) is 69.2 Å². The van der Waals surface area contributed by atoms with E-state index in [-0.39, 0.29) is 90.1 Å². The Labute approximate surface area is 821 Å². The summed E-state index contributed by atoms with van der Waals surface area (Å²) in [5.41, 5.74) is 16.9. The van der Waals surface area contributed by atoms with Crippen molar-refractivity contribution in [2.45, 2.75) is 216 Å². The number of oxazole rings is 3. The zero-order valence-corrected chi connectivity index (χ0v) is 82.4. The van der Waals surface area contributed by atoms with E-state index < -0.39 is 70.3 Å². The maximum Gasteiger partial charge on any atom is 0.416 e. The van der Waals surface area contributed by atoms with Gasteiger partial charge in [0.25, 0.3) is 23.6 Å². The predicted octanol–water partition coefficient (Wildman–Crippen LogP) is 13.8. The van der Waals surface area contributed by atoms with Crippen molar-refractivity contribution in [3.63, 3.8) is 0 Å². The highest BCUT2D eigenvalue weighted by molar-refractivity contribution is 6.07. The maximum absolute atomic E-state index is 13.2. The summed E-state index contributed by atoms with van der Waals surface area (Å²) in [5.74, 6) is 15.0. The molecular weight excluding hydrogens is 1820 g/mol. The van der Waals surface area contributed by atoms with E-state index in [1.165, 1.54) is 49.0 Å². The number of rotatable bonds is 49. The second kappa shape index (κ2) is 55.5. The largest absolute Gasteiger partial charge is 0.444 e. The van der Waals surface area contributed by atoms with Crippen LogP contribution in [0.2, 0.25) is 0 Å². The monoisotopic (exact) mass is 1940 g/mol. The summed E-state index contributed by atoms with van der Waals surface area (Å²) < 4.78 is 69.7. The van der Waals surface area contributed by atoms with Crippen LogP contribution < -0.4 is 37.2 Å². The lowest BCUT2D eigenvalue weighted by Gasteiger charge is -2.27. The van der Waals surface area contributed by atoms with Crippen molar-refractivity contribution < 1.29 is 99.0 Å². The molecule has 3 aliphatic rings. The molecule has 3 saturated carbocycles. The van der Waals surface area contributed by atoms with Gasteiger partial charge in [0.1, 0.15) is 90.7 Å². The van der Waals surface area contributed by atoms with Gasteiger partial charge in [0.05, 0.1) is 45.3 Å². The van der Waals surface area contributed by atoms with Gasteiger partial charge in [-0.25, -0.2) is 44.3 Å². The van der Waals surface area contributed by atoms with Crippen molar-refractivity contribution in [2.75, 3.05) is 119 Å². The second-order valence-corrected chi connectivity index (χ2v) is 36.2. The number of carbonyl (C=O) groups excluding carboxylic acids is 9. The molecule has 0 aromatic carbocycles. The maximum atomic E-state index is 13.2. The van der Waals surface area contributed by atoms with Gasteiger partial charge in [-0.05, 0) is 199 Å². The van der Waals surface area contributed by atoms with Crippen molar-refractivity contribution >= 4 is 76.6 Å². The van der Waals surface area contributed by atoms with E-state index in [0.29, 0.717) is 149 Å². The minimum Gasteiger partial charge on any atom is -0.444 e. The van der Waals surface area contributed by atoms with Gasteiger partial charge in [-0.15, -0.1) is 12.8 Å². The molecule has 0 aliphatic heterocycles. The highest BCUT2D eigenvalue weighted by atomic mass is 16.6. The van der Waals surface area contributed by atoms with Crippen molar-refractivity contribution in [2.24, 2.45) is 35.0 Å². The number of hydrogen-bond donors (Lipinski definition) is 4. The summed E-state index contributed by atoms with van der Waals surface area (Å²) in [6, 6.07) is 10.0. The van der Waals surface area contributed by atoms with E-state index in [9.17, 15) is 43.2 Å². The lowest BCUT2D eigenvalue weighted by molar-refractivity contribution is 0.0465. The van der Waals surface area contributed by atoms with Crippen LogP contribution in [-0.4, -0.2) is 228 Å². The Morgan fingerprint density at radius 3 is 1.20 bits per heavy atom. The smallest absolute Gasteiger partial charge is 0.416 e. The van der Waals surface area contributed by atoms with Crippen LogP contribution in [0.3, 0.4) is 0 Å². The van der Waals surface area contributed by atoms with Gasteiger partial charge in [0, 0.05) is 130 Å². The molecule has 40 heteroatoms. The molecule has 3 aliphatic carbocycles. The van der Waals surface area contributed by atoms with Crippen LogP contribution in [-0.2, 0) is 75.1 Å². The quantitative estimate of drug-likeness (QED) is 0.0119. The minimum absolute atomic E-state index is 0.0114. The Bertz CT molecular complexity index is 5850. The molecule has 7 amide bonds. The number of ether oxygens (including phenoxy) is 9. The highest BCUT2D eigenvalue weighted by Gasteiger charge is 2.36. The van der Waals surface area contributed by atoms with Crippen molar-refractivity contribution in [3.05, 3.63) is 138 Å². The molecule has 0 spiro atoms. The lowest BCUT2D eigenvalue weighted by atomic mass is 10.1. The molecule has 9 aromatic heterocycles. The SMILES string of the molecule is C#CCOCCOCCC.C#CCn1cc(CC(=O)c2coc(-c3ccnc(N(CC4CC4)C(=O)OC(C)(C)C)c3)n2)c(C(N)=O)n1.CCCOCCOCC#CC#CCn1cc(CC(=O)c2coc(-c3ccnc(N(CC4CC4)C(=O)OC(C)(C)C)c3)n2)c(C(N)=O)n1.CCCOCCOCCCCCCn1cc(NC(=O)c2coc(-c3ccnc(N(CC4CC4)C(=O)OC(C)(C)C)c3)n2)c(C(N)=O)n1. The number of terminal acetylenes is 2. The van der Waals surface area contributed by atoms with Gasteiger partial charge in [-0.3, -0.25) is 57.5 Å². The fourth-order valence-electron chi connectivity index (χ4n) is 13.0. The summed E-state index contributed by atoms with van der Waals surface area (Å²) >= 11 is 0. The number of unbranched alkanes of at least 4 members (excludes halogenated alkanes) is 3. The van der Waals surface area contributed by atoms with Gasteiger partial charge < -0.3 is 78.4 Å². The van der Waals surface area contributed by atoms with Crippen molar-refractivity contribution in [1.82, 2.24) is 59.2 Å². The number of nitrogens with one attached hydrogen (secondary N) is 1. The number of aromatic nitrogens is 12. The average Bonchev–Trinajstić information content (AvgIpc) is 1.70. The normalized spacial score (nSPS) is 12.6. The molecule has 0 bridgehead atoms. The van der Waals surface area contributed by atoms with Crippen LogP contribution >= 0.6 is 0 Å². The number of nitrogens with two attached hydrogens (primary N) is 3. The molecule has 3 fully saturated rings. The minimum atomic E-state index is -0.773. The van der Waals surface area contributed by atoms with Crippen LogP contribution in [0.4, 0.5) is 37.5 Å². The van der Waals surface area contributed by atoms with E-state index in [4.69, 9.17) is 85.9 Å². The molecule has 0 atom stereocenters. The number of Topliss-reactive ketones (excluding diaryl/α,β-unsaturated/α-hetero) is 2. The number of primary amides is 3. The zero-order chi connectivity index (χ0) is 102. The first-order valence-corrected chi connectivity index (χ1v) is 47.1. The molecule has 141 heavy (non-hydrogen) atoms. The third-order valence-corrected chi connectivity index (χ3v) is 20.1. The fourth-order valence-corrected chi connectivity index (χ4v) is 13.0. The van der Waals surface area contributed by atoms with E-state index in [1.54, 1.807) is 72.1 Å². The number of pyridine rings is 3. The van der Waals surface area contributed by atoms with Crippen molar-refractivity contribution in [1.29, 1.82) is 0 Å². The van der Waals surface area contributed by atoms with Crippen LogP contribution in [0.15, 0.2) is 106 Å². The number of aryl methyl sites for hydroxylation is 1. The summed E-state index contributed by atoms with van der Waals surface area (Å²) in [7, 11) is 0. The standard InChI is InChI=1S/C34H40N6O7.C33H47N7O7.C26H28N6O5.C8H14O2/c1-5-15-44-17-18-45-16-9-7-6-8-14-39-22-26(30(38-39)31(35)42)19-28(41)27-23-46-32(37-27)25-12-13-36-29(20-25)40(21-24-10-11-24)33(43)47-34(2,3)4;1-5-15-44-17-18-45-16-9-7-6-8-14-39-21-25(28(38-39)29(34)41)36-30(42)26-22-46-31(37-26)24-12-13-35-27(19-24)40(20-23-10-11-23)32(43)47-33(2,3)4;1-5-10-31-14-18(22(30-31)23(27)34)11-20(33)19-15-36-24(29-19)17-8-9-28-21(12-17)32(13-16-6-7-16)25(35)37-26(2,3)4;1-3-5-9-7-8-10-6-4-2/h12-13,20,22-24H,5,10-11,14-19,21H2,1-4H3,(H2,35,42);12-13,19,21-23H,5-11,14-18,20H2,1-4H3,(H2,34,41)(H,36,42);1,8-9,12,14-16H,6-7,10-11,13H2,2-4H3,(H2,27,34);1H,4-8H2,2H3. The summed E-state index contributed by atoms with van der Waals surface area (Å²) in [4.78, 5) is 145.